The Hall–Kier alpha value is -2.30. The van der Waals surface area contributed by atoms with Gasteiger partial charge < -0.3 is 10.6 Å². The van der Waals surface area contributed by atoms with Crippen LogP contribution >= 0.6 is 0 Å². The SMILES string of the molecule is CCCCNC(=NC)NCc1ccc(-n2cccn2)cc1. The fourth-order valence-corrected chi connectivity index (χ4v) is 1.98. The van der Waals surface area contributed by atoms with Crippen molar-refractivity contribution in [1.29, 1.82) is 0 Å². The number of hydrogen-bond donors (Lipinski definition) is 2. The highest BCUT2D eigenvalue weighted by molar-refractivity contribution is 5.79. The van der Waals surface area contributed by atoms with E-state index < -0.39 is 0 Å². The van der Waals surface area contributed by atoms with Crippen molar-refractivity contribution < 1.29 is 0 Å². The van der Waals surface area contributed by atoms with Gasteiger partial charge in [0, 0.05) is 32.5 Å². The molecule has 0 saturated carbocycles. The predicted octanol–water partition coefficient (Wildman–Crippen LogP) is 2.34. The molecule has 2 N–H and O–H groups in total. The lowest BCUT2D eigenvalue weighted by Gasteiger charge is -2.11. The topological polar surface area (TPSA) is 54.2 Å². The second-order valence-electron chi connectivity index (χ2n) is 4.82. The van der Waals surface area contributed by atoms with Gasteiger partial charge in [0.2, 0.25) is 0 Å². The highest BCUT2D eigenvalue weighted by Crippen LogP contribution is 2.08. The molecule has 1 heterocycles. The number of benzene rings is 1. The molecule has 0 amide bonds. The molecular weight excluding hydrogens is 262 g/mol. The largest absolute Gasteiger partial charge is 0.356 e. The maximum Gasteiger partial charge on any atom is 0.191 e. The minimum Gasteiger partial charge on any atom is -0.356 e. The molecule has 2 aromatic rings. The van der Waals surface area contributed by atoms with Gasteiger partial charge in [0.1, 0.15) is 0 Å². The third kappa shape index (κ3) is 4.63. The van der Waals surface area contributed by atoms with Crippen LogP contribution in [-0.4, -0.2) is 29.3 Å². The van der Waals surface area contributed by atoms with Gasteiger partial charge in [0.05, 0.1) is 5.69 Å². The standard InChI is InChI=1S/C16H23N5/c1-3-4-10-18-16(17-2)19-13-14-6-8-15(9-7-14)21-12-5-11-20-21/h5-9,11-12H,3-4,10,13H2,1-2H3,(H2,17,18,19). The van der Waals surface area contributed by atoms with Crippen LogP contribution in [0.2, 0.25) is 0 Å². The van der Waals surface area contributed by atoms with Gasteiger partial charge in [-0.3, -0.25) is 4.99 Å². The zero-order valence-corrected chi connectivity index (χ0v) is 12.7. The number of aromatic nitrogens is 2. The smallest absolute Gasteiger partial charge is 0.191 e. The van der Waals surface area contributed by atoms with Crippen LogP contribution in [0, 0.1) is 0 Å². The first-order chi connectivity index (χ1) is 10.3. The molecule has 0 aliphatic heterocycles. The number of aliphatic imine (C=N–C) groups is 1. The van der Waals surface area contributed by atoms with Gasteiger partial charge in [0.25, 0.3) is 0 Å². The van der Waals surface area contributed by atoms with Gasteiger partial charge in [0.15, 0.2) is 5.96 Å². The van der Waals surface area contributed by atoms with E-state index >= 15 is 0 Å². The molecule has 0 spiro atoms. The van der Waals surface area contributed by atoms with Crippen molar-refractivity contribution in [3.63, 3.8) is 0 Å². The quantitative estimate of drug-likeness (QED) is 0.486. The Balaban J connectivity index is 1.85. The highest BCUT2D eigenvalue weighted by atomic mass is 15.3. The first-order valence-electron chi connectivity index (χ1n) is 7.37. The first kappa shape index (κ1) is 15.1. The van der Waals surface area contributed by atoms with Gasteiger partial charge in [-0.25, -0.2) is 4.68 Å². The minimum atomic E-state index is 0.755. The third-order valence-corrected chi connectivity index (χ3v) is 3.21. The maximum absolute atomic E-state index is 4.22. The summed E-state index contributed by atoms with van der Waals surface area (Å²) in [5.74, 6) is 0.847. The predicted molar refractivity (Wildman–Crippen MR) is 86.7 cm³/mol. The van der Waals surface area contributed by atoms with Crippen molar-refractivity contribution in [1.82, 2.24) is 20.4 Å². The Morgan fingerprint density at radius 3 is 2.67 bits per heavy atom. The number of rotatable bonds is 6. The van der Waals surface area contributed by atoms with Crippen LogP contribution in [0.25, 0.3) is 5.69 Å². The van der Waals surface area contributed by atoms with Crippen molar-refractivity contribution in [2.75, 3.05) is 13.6 Å². The molecule has 21 heavy (non-hydrogen) atoms. The van der Waals surface area contributed by atoms with E-state index in [1.807, 2.05) is 16.9 Å². The lowest BCUT2D eigenvalue weighted by molar-refractivity contribution is 0.728. The van der Waals surface area contributed by atoms with Gasteiger partial charge >= 0.3 is 0 Å². The van der Waals surface area contributed by atoms with E-state index in [0.717, 1.165) is 31.2 Å². The summed E-state index contributed by atoms with van der Waals surface area (Å²) in [5.41, 5.74) is 2.28. The lowest BCUT2D eigenvalue weighted by Crippen LogP contribution is -2.37. The first-order valence-corrected chi connectivity index (χ1v) is 7.37. The fraction of sp³-hybridized carbons (Fsp3) is 0.375. The molecule has 1 aromatic heterocycles. The number of hydrogen-bond acceptors (Lipinski definition) is 2. The zero-order valence-electron chi connectivity index (χ0n) is 12.7. The number of guanidine groups is 1. The van der Waals surface area contributed by atoms with E-state index in [2.05, 4.69) is 51.9 Å². The summed E-state index contributed by atoms with van der Waals surface area (Å²) in [5, 5.41) is 10.8. The second-order valence-corrected chi connectivity index (χ2v) is 4.82. The number of unbranched alkanes of at least 4 members (excludes halogenated alkanes) is 1. The molecule has 0 saturated heterocycles. The van der Waals surface area contributed by atoms with Crippen LogP contribution < -0.4 is 10.6 Å². The van der Waals surface area contributed by atoms with Gasteiger partial charge in [-0.2, -0.15) is 5.10 Å². The maximum atomic E-state index is 4.22. The molecule has 5 heteroatoms. The van der Waals surface area contributed by atoms with E-state index in [4.69, 9.17) is 0 Å². The Kier molecular flexibility index (Phi) is 5.82. The lowest BCUT2D eigenvalue weighted by atomic mass is 10.2. The number of nitrogens with one attached hydrogen (secondary N) is 2. The molecule has 0 fully saturated rings. The summed E-state index contributed by atoms with van der Waals surface area (Å²) in [7, 11) is 1.79. The van der Waals surface area contributed by atoms with Gasteiger partial charge in [-0.05, 0) is 30.2 Å². The summed E-state index contributed by atoms with van der Waals surface area (Å²) in [6.45, 7) is 3.89. The van der Waals surface area contributed by atoms with E-state index in [1.54, 1.807) is 13.2 Å². The van der Waals surface area contributed by atoms with Crippen molar-refractivity contribution >= 4 is 5.96 Å². The molecular formula is C16H23N5. The van der Waals surface area contributed by atoms with Crippen molar-refractivity contribution in [3.8, 4) is 5.69 Å². The summed E-state index contributed by atoms with van der Waals surface area (Å²) in [6, 6.07) is 10.3. The molecule has 0 unspecified atom stereocenters. The zero-order chi connectivity index (χ0) is 14.9. The van der Waals surface area contributed by atoms with Crippen LogP contribution in [0.3, 0.4) is 0 Å². The van der Waals surface area contributed by atoms with E-state index in [1.165, 1.54) is 12.0 Å². The van der Waals surface area contributed by atoms with E-state index in [0.29, 0.717) is 0 Å². The fourth-order valence-electron chi connectivity index (χ4n) is 1.98. The van der Waals surface area contributed by atoms with Crippen LogP contribution in [0.5, 0.6) is 0 Å². The van der Waals surface area contributed by atoms with E-state index in [-0.39, 0.29) is 0 Å². The molecule has 1 aromatic carbocycles. The van der Waals surface area contributed by atoms with E-state index in [9.17, 15) is 0 Å². The van der Waals surface area contributed by atoms with Crippen LogP contribution in [-0.2, 0) is 6.54 Å². The minimum absolute atomic E-state index is 0.755. The van der Waals surface area contributed by atoms with Gasteiger partial charge in [-0.15, -0.1) is 0 Å². The Morgan fingerprint density at radius 1 is 1.24 bits per heavy atom. The van der Waals surface area contributed by atoms with Crippen LogP contribution in [0.15, 0.2) is 47.7 Å². The Bertz CT molecular complexity index is 543. The summed E-state index contributed by atoms with van der Waals surface area (Å²) in [6.07, 6.45) is 6.05. The summed E-state index contributed by atoms with van der Waals surface area (Å²) >= 11 is 0. The number of nitrogens with zero attached hydrogens (tertiary/aromatic N) is 3. The molecule has 0 bridgehead atoms. The van der Waals surface area contributed by atoms with Crippen molar-refractivity contribution in [2.45, 2.75) is 26.3 Å². The van der Waals surface area contributed by atoms with Gasteiger partial charge in [-0.1, -0.05) is 25.5 Å². The average molecular weight is 285 g/mol. The van der Waals surface area contributed by atoms with Crippen LogP contribution in [0.1, 0.15) is 25.3 Å². The summed E-state index contributed by atoms with van der Waals surface area (Å²) < 4.78 is 1.85. The second kappa shape index (κ2) is 8.09. The molecule has 0 atom stereocenters. The average Bonchev–Trinajstić information content (AvgIpc) is 3.06. The monoisotopic (exact) mass is 285 g/mol. The third-order valence-electron chi connectivity index (χ3n) is 3.21. The normalized spacial score (nSPS) is 11.4. The summed E-state index contributed by atoms with van der Waals surface area (Å²) in [4.78, 5) is 4.21. The Labute approximate surface area is 126 Å². The molecule has 0 aliphatic carbocycles. The molecule has 112 valence electrons. The molecule has 2 rings (SSSR count). The highest BCUT2D eigenvalue weighted by Gasteiger charge is 1.99. The molecule has 0 radical (unpaired) electrons. The van der Waals surface area contributed by atoms with Crippen molar-refractivity contribution in [2.24, 2.45) is 4.99 Å². The molecule has 0 aliphatic rings. The Morgan fingerprint density at radius 2 is 2.05 bits per heavy atom. The van der Waals surface area contributed by atoms with Crippen molar-refractivity contribution in [3.05, 3.63) is 48.3 Å². The van der Waals surface area contributed by atoms with Crippen LogP contribution in [0.4, 0.5) is 0 Å². The molecule has 5 nitrogen and oxygen atoms in total.